The molecule has 0 radical (unpaired) electrons. The minimum Gasteiger partial charge on any atom is -0.381 e. The van der Waals surface area contributed by atoms with E-state index in [0.717, 1.165) is 63.5 Å². The van der Waals surface area contributed by atoms with Gasteiger partial charge in [0.1, 0.15) is 5.82 Å². The molecular weight excluding hydrogens is 368 g/mol. The van der Waals surface area contributed by atoms with E-state index in [2.05, 4.69) is 30.8 Å². The molecule has 1 aromatic heterocycles. The lowest BCUT2D eigenvalue weighted by molar-refractivity contribution is -0.126. The number of nitrogens with zero attached hydrogens (tertiary/aromatic N) is 3. The van der Waals surface area contributed by atoms with Crippen molar-refractivity contribution < 1.29 is 9.53 Å². The van der Waals surface area contributed by atoms with E-state index >= 15 is 0 Å². The summed E-state index contributed by atoms with van der Waals surface area (Å²) in [6, 6.07) is 2.77. The first kappa shape index (κ1) is 21.8. The van der Waals surface area contributed by atoms with Crippen LogP contribution in [0.15, 0.2) is 6.07 Å². The first-order valence-electron chi connectivity index (χ1n) is 10.9. The van der Waals surface area contributed by atoms with Crippen LogP contribution >= 0.6 is 0 Å². The quantitative estimate of drug-likeness (QED) is 0.668. The number of amides is 1. The number of anilines is 2. The summed E-state index contributed by atoms with van der Waals surface area (Å²) < 4.78 is 5.56. The summed E-state index contributed by atoms with van der Waals surface area (Å²) in [5, 5.41) is 9.74. The van der Waals surface area contributed by atoms with E-state index < -0.39 is 0 Å². The van der Waals surface area contributed by atoms with Crippen molar-refractivity contribution in [2.45, 2.75) is 64.6 Å². The molecule has 1 aromatic rings. The molecule has 0 aliphatic carbocycles. The molecule has 1 amide bonds. The summed E-state index contributed by atoms with van der Waals surface area (Å²) in [5.74, 6) is 1.64. The van der Waals surface area contributed by atoms with Gasteiger partial charge in [0.05, 0.1) is 5.92 Å². The van der Waals surface area contributed by atoms with Gasteiger partial charge in [-0.3, -0.25) is 9.69 Å². The van der Waals surface area contributed by atoms with Crippen molar-refractivity contribution in [1.82, 2.24) is 20.2 Å². The van der Waals surface area contributed by atoms with Crippen LogP contribution in [0.1, 0.15) is 45.2 Å². The van der Waals surface area contributed by atoms with Gasteiger partial charge in [0.15, 0.2) is 0 Å². The molecule has 0 unspecified atom stereocenters. The number of aromatic nitrogens is 2. The highest BCUT2D eigenvalue weighted by atomic mass is 16.5. The molecule has 2 fully saturated rings. The molecule has 8 nitrogen and oxygen atoms in total. The SMILES string of the molecule is CNc1cc(C)nc(N[C@H]2CC[C@@H](C(=O)NC(C)C)CN(C3CCOCC3)C2)n1. The highest BCUT2D eigenvalue weighted by Crippen LogP contribution is 2.25. The van der Waals surface area contributed by atoms with Gasteiger partial charge in [-0.2, -0.15) is 4.98 Å². The van der Waals surface area contributed by atoms with Crippen LogP contribution in [-0.4, -0.2) is 72.3 Å². The topological polar surface area (TPSA) is 91.4 Å². The molecule has 3 N–H and O–H groups in total. The molecule has 3 rings (SSSR count). The largest absolute Gasteiger partial charge is 0.381 e. The number of hydrogen-bond acceptors (Lipinski definition) is 7. The Morgan fingerprint density at radius 3 is 2.62 bits per heavy atom. The lowest BCUT2D eigenvalue weighted by Gasteiger charge is -2.36. The Labute approximate surface area is 174 Å². The maximum absolute atomic E-state index is 12.8. The zero-order chi connectivity index (χ0) is 20.8. The molecule has 0 aromatic carbocycles. The molecule has 0 bridgehead atoms. The van der Waals surface area contributed by atoms with Crippen LogP contribution in [0.25, 0.3) is 0 Å². The molecule has 2 aliphatic rings. The van der Waals surface area contributed by atoms with Crippen molar-refractivity contribution in [3.63, 3.8) is 0 Å². The fourth-order valence-electron chi connectivity index (χ4n) is 4.25. The molecule has 162 valence electrons. The molecule has 8 heteroatoms. The number of carbonyl (C=O) groups excluding carboxylic acids is 1. The Morgan fingerprint density at radius 1 is 1.17 bits per heavy atom. The van der Waals surface area contributed by atoms with Gasteiger partial charge < -0.3 is 20.7 Å². The van der Waals surface area contributed by atoms with E-state index in [1.807, 2.05) is 33.9 Å². The third kappa shape index (κ3) is 6.27. The maximum Gasteiger partial charge on any atom is 0.225 e. The van der Waals surface area contributed by atoms with Gasteiger partial charge in [-0.1, -0.05) is 0 Å². The number of carbonyl (C=O) groups is 1. The second-order valence-corrected chi connectivity index (χ2v) is 8.54. The summed E-state index contributed by atoms with van der Waals surface area (Å²) in [4.78, 5) is 24.4. The van der Waals surface area contributed by atoms with E-state index in [0.29, 0.717) is 12.0 Å². The average Bonchev–Trinajstić information content (AvgIpc) is 2.90. The minimum absolute atomic E-state index is 0.0124. The third-order valence-electron chi connectivity index (χ3n) is 5.73. The Hall–Kier alpha value is -1.93. The minimum atomic E-state index is 0.0124. The van der Waals surface area contributed by atoms with Crippen LogP contribution in [0.3, 0.4) is 0 Å². The lowest BCUT2D eigenvalue weighted by Crippen LogP contribution is -2.47. The van der Waals surface area contributed by atoms with Crippen molar-refractivity contribution in [2.24, 2.45) is 5.92 Å². The summed E-state index contributed by atoms with van der Waals surface area (Å²) in [5.41, 5.74) is 0.927. The molecule has 2 aliphatic heterocycles. The number of nitrogens with one attached hydrogen (secondary N) is 3. The van der Waals surface area contributed by atoms with E-state index in [-0.39, 0.29) is 23.9 Å². The van der Waals surface area contributed by atoms with Crippen molar-refractivity contribution >= 4 is 17.7 Å². The number of hydrogen-bond donors (Lipinski definition) is 3. The Morgan fingerprint density at radius 2 is 1.93 bits per heavy atom. The molecule has 0 saturated carbocycles. The van der Waals surface area contributed by atoms with Gasteiger partial charge in [-0.05, 0) is 46.5 Å². The van der Waals surface area contributed by atoms with Crippen LogP contribution < -0.4 is 16.0 Å². The molecular formula is C21H36N6O2. The number of aryl methyl sites for hydroxylation is 1. The Balaban J connectivity index is 1.74. The molecule has 29 heavy (non-hydrogen) atoms. The second-order valence-electron chi connectivity index (χ2n) is 8.54. The number of rotatable bonds is 6. The molecule has 2 atom stereocenters. The smallest absolute Gasteiger partial charge is 0.225 e. The molecule has 3 heterocycles. The van der Waals surface area contributed by atoms with Gasteiger partial charge in [0.2, 0.25) is 11.9 Å². The van der Waals surface area contributed by atoms with Crippen molar-refractivity contribution in [3.8, 4) is 0 Å². The van der Waals surface area contributed by atoms with Crippen LogP contribution in [0, 0.1) is 12.8 Å². The predicted molar refractivity (Wildman–Crippen MR) is 115 cm³/mol. The summed E-state index contributed by atoms with van der Waals surface area (Å²) in [7, 11) is 1.86. The highest BCUT2D eigenvalue weighted by Gasteiger charge is 2.33. The highest BCUT2D eigenvalue weighted by molar-refractivity contribution is 5.79. The van der Waals surface area contributed by atoms with E-state index in [1.165, 1.54) is 0 Å². The van der Waals surface area contributed by atoms with Gasteiger partial charge in [-0.15, -0.1) is 0 Å². The molecule has 0 spiro atoms. The monoisotopic (exact) mass is 404 g/mol. The normalized spacial score (nSPS) is 24.2. The average molecular weight is 405 g/mol. The summed E-state index contributed by atoms with van der Waals surface area (Å²) in [6.45, 7) is 9.30. The third-order valence-corrected chi connectivity index (χ3v) is 5.73. The van der Waals surface area contributed by atoms with E-state index in [9.17, 15) is 4.79 Å². The van der Waals surface area contributed by atoms with Gasteiger partial charge in [-0.25, -0.2) is 4.98 Å². The predicted octanol–water partition coefficient (Wildman–Crippen LogP) is 2.02. The zero-order valence-corrected chi connectivity index (χ0v) is 18.2. The number of likely N-dealkylation sites (tertiary alicyclic amines) is 1. The fraction of sp³-hybridized carbons (Fsp3) is 0.762. The van der Waals surface area contributed by atoms with Crippen LogP contribution in [0.5, 0.6) is 0 Å². The van der Waals surface area contributed by atoms with Crippen molar-refractivity contribution in [3.05, 3.63) is 11.8 Å². The van der Waals surface area contributed by atoms with Crippen molar-refractivity contribution in [1.29, 1.82) is 0 Å². The van der Waals surface area contributed by atoms with E-state index in [1.54, 1.807) is 0 Å². The Kier molecular flexibility index (Phi) is 7.66. The van der Waals surface area contributed by atoms with Gasteiger partial charge in [0, 0.05) is 63.2 Å². The van der Waals surface area contributed by atoms with Crippen LogP contribution in [0.4, 0.5) is 11.8 Å². The molecule has 2 saturated heterocycles. The zero-order valence-electron chi connectivity index (χ0n) is 18.2. The standard InChI is InChI=1S/C21H36N6O2/c1-14(2)23-20(28)16-5-6-17(13-27(12-16)18-7-9-29-10-8-18)25-21-24-15(3)11-19(22-4)26-21/h11,14,16-18H,5-10,12-13H2,1-4H3,(H,23,28)(H2,22,24,25,26)/t16-,17+/m1/s1. The van der Waals surface area contributed by atoms with Gasteiger partial charge in [0.25, 0.3) is 0 Å². The van der Waals surface area contributed by atoms with Gasteiger partial charge >= 0.3 is 0 Å². The van der Waals surface area contributed by atoms with Crippen LogP contribution in [-0.2, 0) is 9.53 Å². The maximum atomic E-state index is 12.8. The Bertz CT molecular complexity index is 677. The summed E-state index contributed by atoms with van der Waals surface area (Å²) in [6.07, 6.45) is 3.83. The lowest BCUT2D eigenvalue weighted by atomic mass is 10.00. The van der Waals surface area contributed by atoms with Crippen molar-refractivity contribution in [2.75, 3.05) is 44.0 Å². The summed E-state index contributed by atoms with van der Waals surface area (Å²) >= 11 is 0. The fourth-order valence-corrected chi connectivity index (χ4v) is 4.25. The second kappa shape index (κ2) is 10.2. The first-order valence-corrected chi connectivity index (χ1v) is 10.9. The van der Waals surface area contributed by atoms with E-state index in [4.69, 9.17) is 4.74 Å². The first-order chi connectivity index (χ1) is 13.9. The van der Waals surface area contributed by atoms with Crippen LogP contribution in [0.2, 0.25) is 0 Å². The number of ether oxygens (including phenoxy) is 1.